The number of hydrogen-bond donors (Lipinski definition) is 2. The summed E-state index contributed by atoms with van der Waals surface area (Å²) < 4.78 is 45.8. The Morgan fingerprint density at radius 3 is 2.97 bits per heavy atom. The molecule has 4 aromatic heterocycles. The van der Waals surface area contributed by atoms with Crippen LogP contribution in [0.15, 0.2) is 30.6 Å². The molecule has 1 saturated heterocycles. The van der Waals surface area contributed by atoms with E-state index in [0.29, 0.717) is 41.6 Å². The highest BCUT2D eigenvalue weighted by molar-refractivity contribution is 6.01. The number of rotatable bonds is 6. The molecule has 35 heavy (non-hydrogen) atoms. The van der Waals surface area contributed by atoms with Crippen molar-refractivity contribution in [2.24, 2.45) is 11.8 Å². The van der Waals surface area contributed by atoms with Gasteiger partial charge in [0.2, 0.25) is 5.91 Å². The number of amides is 1. The number of ether oxygens (including phenoxy) is 1. The van der Waals surface area contributed by atoms with Gasteiger partial charge in [0.05, 0.1) is 25.1 Å². The van der Waals surface area contributed by atoms with Gasteiger partial charge in [0.1, 0.15) is 5.52 Å². The number of aromatic nitrogens is 6. The number of carbonyl (C=O) groups is 1. The zero-order valence-electron chi connectivity index (χ0n) is 24.0. The largest absolute Gasteiger partial charge is 0.378 e. The summed E-state index contributed by atoms with van der Waals surface area (Å²) in [6.45, 7) is -0.919. The van der Waals surface area contributed by atoms with Crippen molar-refractivity contribution >= 4 is 39.8 Å². The molecule has 4 aromatic rings. The van der Waals surface area contributed by atoms with E-state index < -0.39 is 13.3 Å². The first kappa shape index (κ1) is 16.7. The molecule has 180 valence electrons. The van der Waals surface area contributed by atoms with Gasteiger partial charge in [0.15, 0.2) is 23.1 Å². The van der Waals surface area contributed by atoms with Crippen LogP contribution < -0.4 is 15.5 Å². The van der Waals surface area contributed by atoms with E-state index in [0.717, 1.165) is 25.2 Å². The van der Waals surface area contributed by atoms with Gasteiger partial charge in [-0.05, 0) is 37.4 Å². The lowest BCUT2D eigenvalue weighted by atomic mass is 10.1. The van der Waals surface area contributed by atoms with E-state index in [2.05, 4.69) is 40.8 Å². The van der Waals surface area contributed by atoms with Crippen molar-refractivity contribution in [3.63, 3.8) is 0 Å². The molecular formula is C24H27N9O2. The summed E-state index contributed by atoms with van der Waals surface area (Å²) in [7, 11) is 0. The summed E-state index contributed by atoms with van der Waals surface area (Å²) >= 11 is 0. The minimum atomic E-state index is -2.97. The molecule has 11 nitrogen and oxygen atoms in total. The predicted molar refractivity (Wildman–Crippen MR) is 132 cm³/mol. The molecule has 2 N–H and O–H groups in total. The standard InChI is InChI=1S/C24H27N9O2/c1-3-25-23-21-17(11-19(29-30-21)27-24(34)16-10-14(16)2)18(12-26-23)22-28-20-5-4-15(13-33(20)31-22)32-6-8-35-9-7-32/h4-5,11-14,16H,3,6-10H2,1-2H3,(H,25,26)(H,27,29,34)/t14-,16+/m1/s1/i1D3,3D2. The molecular weight excluding hydrogens is 446 g/mol. The summed E-state index contributed by atoms with van der Waals surface area (Å²) in [4.78, 5) is 23.7. The minimum absolute atomic E-state index is 0.0843. The van der Waals surface area contributed by atoms with E-state index in [1.807, 2.05) is 25.3 Å². The van der Waals surface area contributed by atoms with Gasteiger partial charge in [0.25, 0.3) is 0 Å². The van der Waals surface area contributed by atoms with Crippen molar-refractivity contribution in [1.82, 2.24) is 29.8 Å². The third kappa shape index (κ3) is 4.12. The van der Waals surface area contributed by atoms with Gasteiger partial charge in [-0.25, -0.2) is 14.5 Å². The molecule has 0 unspecified atom stereocenters. The molecule has 1 amide bonds. The molecule has 2 aliphatic rings. The van der Waals surface area contributed by atoms with Crippen molar-refractivity contribution in [1.29, 1.82) is 0 Å². The highest BCUT2D eigenvalue weighted by atomic mass is 16.5. The molecule has 5 heterocycles. The lowest BCUT2D eigenvalue weighted by molar-refractivity contribution is -0.117. The molecule has 1 aliphatic carbocycles. The van der Waals surface area contributed by atoms with E-state index in [1.54, 1.807) is 10.6 Å². The number of pyridine rings is 2. The van der Waals surface area contributed by atoms with Gasteiger partial charge >= 0.3 is 0 Å². The zero-order chi connectivity index (χ0) is 28.2. The highest BCUT2D eigenvalue weighted by Crippen LogP contribution is 2.38. The number of fused-ring (bicyclic) bond motifs is 2. The molecule has 2 atom stereocenters. The summed E-state index contributed by atoms with van der Waals surface area (Å²) in [5.41, 5.74) is 2.14. The Morgan fingerprint density at radius 1 is 1.31 bits per heavy atom. The maximum Gasteiger partial charge on any atom is 0.228 e. The van der Waals surface area contributed by atoms with Crippen LogP contribution in [0, 0.1) is 11.8 Å². The number of morpholine rings is 1. The fourth-order valence-electron chi connectivity index (χ4n) is 4.32. The van der Waals surface area contributed by atoms with E-state index in [-0.39, 0.29) is 29.0 Å². The zero-order valence-corrected chi connectivity index (χ0v) is 19.0. The first-order valence-corrected chi connectivity index (χ1v) is 11.5. The van der Waals surface area contributed by atoms with Crippen LogP contribution in [0.3, 0.4) is 0 Å². The molecule has 0 bridgehead atoms. The lowest BCUT2D eigenvalue weighted by Crippen LogP contribution is -2.36. The third-order valence-electron chi connectivity index (χ3n) is 6.44. The van der Waals surface area contributed by atoms with Gasteiger partial charge in [-0.3, -0.25) is 4.79 Å². The van der Waals surface area contributed by atoms with Crippen LogP contribution >= 0.6 is 0 Å². The van der Waals surface area contributed by atoms with Gasteiger partial charge in [0, 0.05) is 49.5 Å². The smallest absolute Gasteiger partial charge is 0.228 e. The maximum atomic E-state index is 12.6. The Balaban J connectivity index is 1.42. The number of nitrogens with zero attached hydrogens (tertiary/aromatic N) is 7. The molecule has 0 spiro atoms. The summed E-state index contributed by atoms with van der Waals surface area (Å²) in [6.07, 6.45) is 4.11. The van der Waals surface area contributed by atoms with Gasteiger partial charge in [-0.15, -0.1) is 15.3 Å². The topological polar surface area (TPSA) is 122 Å². The Kier molecular flexibility index (Phi) is 4.17. The van der Waals surface area contributed by atoms with Crippen molar-refractivity contribution in [2.75, 3.05) is 48.3 Å². The second-order valence-electron chi connectivity index (χ2n) is 8.80. The fraction of sp³-hybridized carbons (Fsp3) is 0.417. The Bertz CT molecular complexity index is 1600. The number of hydrogen-bond acceptors (Lipinski definition) is 9. The van der Waals surface area contributed by atoms with Crippen LogP contribution in [0.2, 0.25) is 0 Å². The van der Waals surface area contributed by atoms with Crippen molar-refractivity contribution in [3.05, 3.63) is 30.6 Å². The monoisotopic (exact) mass is 478 g/mol. The number of nitrogens with one attached hydrogen (secondary N) is 2. The Labute approximate surface area is 208 Å². The second kappa shape index (κ2) is 8.73. The minimum Gasteiger partial charge on any atom is -0.378 e. The lowest BCUT2D eigenvalue weighted by Gasteiger charge is -2.28. The maximum absolute atomic E-state index is 12.6. The number of carbonyl (C=O) groups excluding carboxylic acids is 1. The Hall–Kier alpha value is -3.86. The second-order valence-corrected chi connectivity index (χ2v) is 8.80. The van der Waals surface area contributed by atoms with Gasteiger partial charge in [-0.2, -0.15) is 0 Å². The van der Waals surface area contributed by atoms with Crippen LogP contribution in [0.25, 0.3) is 27.9 Å². The molecule has 1 saturated carbocycles. The van der Waals surface area contributed by atoms with E-state index in [9.17, 15) is 4.79 Å². The van der Waals surface area contributed by atoms with Gasteiger partial charge < -0.3 is 20.3 Å². The Morgan fingerprint density at radius 2 is 2.17 bits per heavy atom. The van der Waals surface area contributed by atoms with E-state index >= 15 is 0 Å². The average Bonchev–Trinajstić information content (AvgIpc) is 3.50. The van der Waals surface area contributed by atoms with Crippen molar-refractivity contribution in [3.8, 4) is 11.4 Å². The van der Waals surface area contributed by atoms with Crippen LogP contribution in [0.1, 0.15) is 27.1 Å². The van der Waals surface area contributed by atoms with Crippen molar-refractivity contribution in [2.45, 2.75) is 20.2 Å². The highest BCUT2D eigenvalue weighted by Gasteiger charge is 2.39. The average molecular weight is 479 g/mol. The first-order chi connectivity index (χ1) is 19.0. The molecule has 0 radical (unpaired) electrons. The van der Waals surface area contributed by atoms with Crippen LogP contribution in [-0.4, -0.2) is 68.5 Å². The van der Waals surface area contributed by atoms with E-state index in [1.165, 1.54) is 6.20 Å². The molecule has 0 aromatic carbocycles. The molecule has 1 aliphatic heterocycles. The summed E-state index contributed by atoms with van der Waals surface area (Å²) in [6, 6.07) is 5.42. The van der Waals surface area contributed by atoms with Gasteiger partial charge in [-0.1, -0.05) is 6.92 Å². The molecule has 2 fully saturated rings. The summed E-state index contributed by atoms with van der Waals surface area (Å²) in [5.74, 6) is 0.472. The van der Waals surface area contributed by atoms with E-state index in [4.69, 9.17) is 11.6 Å². The first-order valence-electron chi connectivity index (χ1n) is 14.0. The third-order valence-corrected chi connectivity index (χ3v) is 6.44. The summed E-state index contributed by atoms with van der Waals surface area (Å²) in [5, 5.41) is 18.5. The van der Waals surface area contributed by atoms with Crippen molar-refractivity contribution < 1.29 is 16.4 Å². The number of anilines is 3. The molecule has 11 heteroatoms. The normalized spacial score (nSPS) is 22.7. The molecule has 6 rings (SSSR count). The van der Waals surface area contributed by atoms with Crippen LogP contribution in [0.5, 0.6) is 0 Å². The van der Waals surface area contributed by atoms with Crippen LogP contribution in [-0.2, 0) is 9.53 Å². The fourth-order valence-corrected chi connectivity index (χ4v) is 4.32. The van der Waals surface area contributed by atoms with Crippen LogP contribution in [0.4, 0.5) is 17.3 Å². The SMILES string of the molecule is [2H]C([2H])([2H])C([2H])([2H])Nc1ncc(-c2nc3ccc(N4CCOCC4)cn3n2)c2cc(NC(=O)[C@H]3C[C@H]3C)nnc12. The quantitative estimate of drug-likeness (QED) is 0.430. The predicted octanol–water partition coefficient (Wildman–Crippen LogP) is 2.60.